The van der Waals surface area contributed by atoms with Crippen LogP contribution in [-0.2, 0) is 9.59 Å². The summed E-state index contributed by atoms with van der Waals surface area (Å²) < 4.78 is 0. The van der Waals surface area contributed by atoms with Gasteiger partial charge in [-0.3, -0.25) is 9.59 Å². The van der Waals surface area contributed by atoms with Crippen LogP contribution in [0, 0.1) is 11.8 Å². The number of rotatable bonds is 6. The maximum absolute atomic E-state index is 12.2. The zero-order valence-electron chi connectivity index (χ0n) is 11.9. The summed E-state index contributed by atoms with van der Waals surface area (Å²) in [6.45, 7) is 2.60. The molecular weight excluding hydrogens is 228 g/mol. The Morgan fingerprint density at radius 2 is 1.94 bits per heavy atom. The molecule has 1 aliphatic rings. The van der Waals surface area contributed by atoms with Gasteiger partial charge in [0.1, 0.15) is 5.78 Å². The highest BCUT2D eigenvalue weighted by molar-refractivity contribution is 5.83. The van der Waals surface area contributed by atoms with E-state index in [4.69, 9.17) is 0 Å². The molecule has 0 saturated heterocycles. The van der Waals surface area contributed by atoms with Gasteiger partial charge in [0, 0.05) is 25.3 Å². The molecule has 0 bridgehead atoms. The minimum absolute atomic E-state index is 0.0444. The van der Waals surface area contributed by atoms with Crippen molar-refractivity contribution in [1.82, 2.24) is 10.2 Å². The van der Waals surface area contributed by atoms with Gasteiger partial charge < -0.3 is 10.2 Å². The summed E-state index contributed by atoms with van der Waals surface area (Å²) in [6.07, 6.45) is 5.24. The highest BCUT2D eigenvalue weighted by atomic mass is 16.2. The molecule has 1 amide bonds. The number of carbonyl (C=O) groups excluding carboxylic acids is 2. The van der Waals surface area contributed by atoms with Crippen LogP contribution in [-0.4, -0.2) is 37.4 Å². The molecule has 18 heavy (non-hydrogen) atoms. The van der Waals surface area contributed by atoms with Gasteiger partial charge in [-0.2, -0.15) is 0 Å². The number of hydrogen-bond donors (Lipinski definition) is 1. The maximum atomic E-state index is 12.2. The van der Waals surface area contributed by atoms with Crippen molar-refractivity contribution in [2.24, 2.45) is 11.8 Å². The van der Waals surface area contributed by atoms with E-state index >= 15 is 0 Å². The van der Waals surface area contributed by atoms with E-state index in [1.165, 1.54) is 0 Å². The fourth-order valence-corrected chi connectivity index (χ4v) is 2.78. The largest absolute Gasteiger partial charge is 0.333 e. The Balaban J connectivity index is 2.52. The van der Waals surface area contributed by atoms with Crippen LogP contribution in [0.2, 0.25) is 0 Å². The zero-order chi connectivity index (χ0) is 13.5. The first kappa shape index (κ1) is 15.2. The molecule has 0 radical (unpaired) electrons. The number of hydrogen-bond acceptors (Lipinski definition) is 3. The Kier molecular flexibility index (Phi) is 6.33. The molecule has 1 aliphatic carbocycles. The lowest BCUT2D eigenvalue weighted by molar-refractivity contribution is -0.137. The van der Waals surface area contributed by atoms with Gasteiger partial charge in [0.05, 0.1) is 6.67 Å². The summed E-state index contributed by atoms with van der Waals surface area (Å²) in [6, 6.07) is 0. The summed E-state index contributed by atoms with van der Waals surface area (Å²) >= 11 is 0. The highest BCUT2D eigenvalue weighted by Crippen LogP contribution is 2.31. The second kappa shape index (κ2) is 7.52. The fourth-order valence-electron chi connectivity index (χ4n) is 2.78. The number of ketones is 1. The first-order valence-corrected chi connectivity index (χ1v) is 7.02. The van der Waals surface area contributed by atoms with Crippen molar-refractivity contribution < 1.29 is 9.59 Å². The van der Waals surface area contributed by atoms with E-state index in [1.807, 2.05) is 21.0 Å². The third-order valence-corrected chi connectivity index (χ3v) is 3.75. The van der Waals surface area contributed by atoms with Gasteiger partial charge in [-0.05, 0) is 32.7 Å². The average Bonchev–Trinajstić information content (AvgIpc) is 2.38. The topological polar surface area (TPSA) is 49.4 Å². The highest BCUT2D eigenvalue weighted by Gasteiger charge is 2.31. The number of carbonyl (C=O) groups is 2. The van der Waals surface area contributed by atoms with Gasteiger partial charge >= 0.3 is 0 Å². The third-order valence-electron chi connectivity index (χ3n) is 3.75. The van der Waals surface area contributed by atoms with Crippen molar-refractivity contribution in [3.8, 4) is 0 Å². The van der Waals surface area contributed by atoms with Crippen LogP contribution in [0.3, 0.4) is 0 Å². The SMILES string of the molecule is CCCC(=O)C1CCCC(C(=O)N(C)CNC)C1. The summed E-state index contributed by atoms with van der Waals surface area (Å²) in [4.78, 5) is 25.8. The Morgan fingerprint density at radius 1 is 1.28 bits per heavy atom. The van der Waals surface area contributed by atoms with E-state index < -0.39 is 0 Å². The van der Waals surface area contributed by atoms with E-state index in [0.29, 0.717) is 18.9 Å². The molecule has 0 aromatic rings. The lowest BCUT2D eigenvalue weighted by Gasteiger charge is -2.30. The molecule has 1 saturated carbocycles. The van der Waals surface area contributed by atoms with E-state index in [0.717, 1.165) is 32.1 Å². The molecule has 2 unspecified atom stereocenters. The Hall–Kier alpha value is -0.900. The molecule has 1 rings (SSSR count). The van der Waals surface area contributed by atoms with Crippen LogP contribution in [0.1, 0.15) is 45.4 Å². The van der Waals surface area contributed by atoms with E-state index in [2.05, 4.69) is 5.32 Å². The molecule has 1 fully saturated rings. The molecule has 4 nitrogen and oxygen atoms in total. The minimum Gasteiger partial charge on any atom is -0.333 e. The summed E-state index contributed by atoms with van der Waals surface area (Å²) in [5.74, 6) is 0.697. The van der Waals surface area contributed by atoms with Crippen molar-refractivity contribution in [2.75, 3.05) is 20.8 Å². The number of amides is 1. The standard InChI is InChI=1S/C14H26N2O2/c1-4-6-13(17)11-7-5-8-12(9-11)14(18)16(3)10-15-2/h11-12,15H,4-10H2,1-3H3. The van der Waals surface area contributed by atoms with Crippen LogP contribution in [0.15, 0.2) is 0 Å². The quantitative estimate of drug-likeness (QED) is 0.735. The van der Waals surface area contributed by atoms with E-state index in [9.17, 15) is 9.59 Å². The lowest BCUT2D eigenvalue weighted by Crippen LogP contribution is -2.40. The van der Waals surface area contributed by atoms with Crippen molar-refractivity contribution in [3.05, 3.63) is 0 Å². The fraction of sp³-hybridized carbons (Fsp3) is 0.857. The van der Waals surface area contributed by atoms with Gasteiger partial charge in [-0.1, -0.05) is 13.3 Å². The van der Waals surface area contributed by atoms with Gasteiger partial charge in [0.2, 0.25) is 5.91 Å². The van der Waals surface area contributed by atoms with Gasteiger partial charge in [0.25, 0.3) is 0 Å². The monoisotopic (exact) mass is 254 g/mol. The van der Waals surface area contributed by atoms with Crippen molar-refractivity contribution >= 4 is 11.7 Å². The van der Waals surface area contributed by atoms with Crippen molar-refractivity contribution in [3.63, 3.8) is 0 Å². The molecule has 2 atom stereocenters. The number of nitrogens with zero attached hydrogens (tertiary/aromatic N) is 1. The molecule has 104 valence electrons. The Bertz CT molecular complexity index is 292. The van der Waals surface area contributed by atoms with Crippen LogP contribution >= 0.6 is 0 Å². The Morgan fingerprint density at radius 3 is 2.56 bits per heavy atom. The lowest BCUT2D eigenvalue weighted by atomic mass is 9.78. The van der Waals surface area contributed by atoms with Gasteiger partial charge in [-0.15, -0.1) is 0 Å². The van der Waals surface area contributed by atoms with Gasteiger partial charge in [-0.25, -0.2) is 0 Å². The first-order valence-electron chi connectivity index (χ1n) is 7.02. The summed E-state index contributed by atoms with van der Waals surface area (Å²) in [5.41, 5.74) is 0. The predicted molar refractivity (Wildman–Crippen MR) is 72.1 cm³/mol. The van der Waals surface area contributed by atoms with Crippen LogP contribution < -0.4 is 5.32 Å². The van der Waals surface area contributed by atoms with Crippen LogP contribution in [0.25, 0.3) is 0 Å². The second-order valence-corrected chi connectivity index (χ2v) is 5.32. The number of nitrogens with one attached hydrogen (secondary N) is 1. The molecular formula is C14H26N2O2. The molecule has 0 aliphatic heterocycles. The van der Waals surface area contributed by atoms with Crippen LogP contribution in [0.4, 0.5) is 0 Å². The smallest absolute Gasteiger partial charge is 0.226 e. The third kappa shape index (κ3) is 4.09. The molecule has 0 heterocycles. The average molecular weight is 254 g/mol. The molecule has 4 heteroatoms. The van der Waals surface area contributed by atoms with Gasteiger partial charge in [0.15, 0.2) is 0 Å². The minimum atomic E-state index is 0.0444. The number of Topliss-reactive ketones (excluding diaryl/α,β-unsaturated/α-hetero) is 1. The molecule has 0 aromatic carbocycles. The summed E-state index contributed by atoms with van der Waals surface area (Å²) in [7, 11) is 3.65. The van der Waals surface area contributed by atoms with Crippen LogP contribution in [0.5, 0.6) is 0 Å². The zero-order valence-corrected chi connectivity index (χ0v) is 11.9. The summed E-state index contributed by atoms with van der Waals surface area (Å²) in [5, 5.41) is 2.98. The predicted octanol–water partition coefficient (Wildman–Crippen LogP) is 1.80. The first-order chi connectivity index (χ1) is 8.60. The molecule has 0 spiro atoms. The van der Waals surface area contributed by atoms with Crippen molar-refractivity contribution in [1.29, 1.82) is 0 Å². The van der Waals surface area contributed by atoms with E-state index in [-0.39, 0.29) is 17.7 Å². The molecule has 0 aromatic heterocycles. The Labute approximate surface area is 110 Å². The second-order valence-electron chi connectivity index (χ2n) is 5.32. The van der Waals surface area contributed by atoms with Crippen molar-refractivity contribution in [2.45, 2.75) is 45.4 Å². The molecule has 1 N–H and O–H groups in total. The normalized spacial score (nSPS) is 23.7. The van der Waals surface area contributed by atoms with E-state index in [1.54, 1.807) is 4.90 Å². The maximum Gasteiger partial charge on any atom is 0.226 e.